The number of aryl methyl sites for hydroxylation is 1. The second-order valence-electron chi connectivity index (χ2n) is 7.25. The van der Waals surface area contributed by atoms with Crippen LogP contribution in [0.5, 0.6) is 0 Å². The van der Waals surface area contributed by atoms with Crippen molar-refractivity contribution in [2.45, 2.75) is 39.2 Å². The minimum absolute atomic E-state index is 0.00554. The SMILES string of the molecule is CC1(C)CC(CNc2ccccc2)[N+]([O-])=C1CCc1ccccc1. The summed E-state index contributed by atoms with van der Waals surface area (Å²) in [5.41, 5.74) is 3.37. The maximum absolute atomic E-state index is 12.8. The maximum atomic E-state index is 12.8. The van der Waals surface area contributed by atoms with Crippen LogP contribution in [-0.4, -0.2) is 23.0 Å². The molecule has 1 N–H and O–H groups in total. The van der Waals surface area contributed by atoms with Crippen molar-refractivity contribution >= 4 is 11.4 Å². The molecule has 0 aromatic heterocycles. The van der Waals surface area contributed by atoms with E-state index in [4.69, 9.17) is 0 Å². The summed E-state index contributed by atoms with van der Waals surface area (Å²) in [6.45, 7) is 5.08. The molecule has 0 fully saturated rings. The van der Waals surface area contributed by atoms with Crippen LogP contribution in [0.25, 0.3) is 0 Å². The van der Waals surface area contributed by atoms with E-state index in [1.54, 1.807) is 0 Å². The normalized spacial score (nSPS) is 19.5. The van der Waals surface area contributed by atoms with Gasteiger partial charge in [0.1, 0.15) is 0 Å². The Morgan fingerprint density at radius 1 is 1.00 bits per heavy atom. The molecule has 1 aliphatic rings. The number of anilines is 1. The van der Waals surface area contributed by atoms with Gasteiger partial charge in [-0.05, 0) is 24.1 Å². The number of nitrogens with one attached hydrogen (secondary N) is 1. The van der Waals surface area contributed by atoms with Gasteiger partial charge in [0.15, 0.2) is 11.8 Å². The molecule has 0 aliphatic carbocycles. The molecule has 24 heavy (non-hydrogen) atoms. The van der Waals surface area contributed by atoms with Crippen LogP contribution >= 0.6 is 0 Å². The first kappa shape index (κ1) is 16.6. The minimum atomic E-state index is -0.0282. The van der Waals surface area contributed by atoms with Crippen molar-refractivity contribution in [1.29, 1.82) is 0 Å². The van der Waals surface area contributed by atoms with Crippen LogP contribution in [0.3, 0.4) is 0 Å². The van der Waals surface area contributed by atoms with Gasteiger partial charge >= 0.3 is 0 Å². The number of para-hydroxylation sites is 1. The third kappa shape index (κ3) is 3.78. The van der Waals surface area contributed by atoms with E-state index in [0.29, 0.717) is 6.54 Å². The highest BCUT2D eigenvalue weighted by Crippen LogP contribution is 2.34. The lowest BCUT2D eigenvalue weighted by Crippen LogP contribution is -2.27. The van der Waals surface area contributed by atoms with Crippen LogP contribution in [0.1, 0.15) is 32.3 Å². The predicted octanol–water partition coefficient (Wildman–Crippen LogP) is 4.48. The van der Waals surface area contributed by atoms with E-state index < -0.39 is 0 Å². The summed E-state index contributed by atoms with van der Waals surface area (Å²) in [4.78, 5) is 0. The topological polar surface area (TPSA) is 38.1 Å². The van der Waals surface area contributed by atoms with Crippen LogP contribution < -0.4 is 5.32 Å². The van der Waals surface area contributed by atoms with Gasteiger partial charge in [-0.1, -0.05) is 62.4 Å². The lowest BCUT2D eigenvalue weighted by molar-refractivity contribution is -0.489. The predicted molar refractivity (Wildman–Crippen MR) is 101 cm³/mol. The molecule has 0 saturated heterocycles. The fourth-order valence-corrected chi connectivity index (χ4v) is 3.61. The first-order valence-corrected chi connectivity index (χ1v) is 8.72. The molecular formula is C21H26N2O. The number of hydrogen-bond acceptors (Lipinski definition) is 2. The van der Waals surface area contributed by atoms with Crippen LogP contribution in [0.2, 0.25) is 0 Å². The van der Waals surface area contributed by atoms with Gasteiger partial charge in [-0.25, -0.2) is 4.74 Å². The highest BCUT2D eigenvalue weighted by molar-refractivity contribution is 5.86. The van der Waals surface area contributed by atoms with Crippen LogP contribution in [0, 0.1) is 10.6 Å². The summed E-state index contributed by atoms with van der Waals surface area (Å²) in [6.07, 6.45) is 2.67. The third-order valence-electron chi connectivity index (χ3n) is 4.93. The van der Waals surface area contributed by atoms with Gasteiger partial charge in [-0.15, -0.1) is 0 Å². The van der Waals surface area contributed by atoms with E-state index >= 15 is 0 Å². The van der Waals surface area contributed by atoms with Gasteiger partial charge in [0, 0.05) is 18.5 Å². The average molecular weight is 322 g/mol. The molecule has 2 aromatic rings. The maximum Gasteiger partial charge on any atom is 0.181 e. The Kier molecular flexibility index (Phi) is 4.89. The molecule has 0 amide bonds. The molecule has 0 bridgehead atoms. The standard InChI is InChI=1S/C21H26N2O/c1-21(2)15-19(16-22-18-11-7-4-8-12-18)23(24)20(21)14-13-17-9-5-3-6-10-17/h3-12,19,22H,13-16H2,1-2H3. The van der Waals surface area contributed by atoms with E-state index in [-0.39, 0.29) is 11.5 Å². The van der Waals surface area contributed by atoms with E-state index in [2.05, 4.69) is 43.4 Å². The molecule has 0 saturated carbocycles. The fourth-order valence-electron chi connectivity index (χ4n) is 3.61. The Bertz CT molecular complexity index is 692. The van der Waals surface area contributed by atoms with Crippen molar-refractivity contribution in [3.63, 3.8) is 0 Å². The molecule has 1 aliphatic heterocycles. The quantitative estimate of drug-likeness (QED) is 0.629. The molecule has 126 valence electrons. The van der Waals surface area contributed by atoms with Gasteiger partial charge in [-0.2, -0.15) is 0 Å². The van der Waals surface area contributed by atoms with E-state index in [0.717, 1.165) is 30.7 Å². The number of rotatable bonds is 6. The van der Waals surface area contributed by atoms with Crippen LogP contribution in [0.15, 0.2) is 60.7 Å². The lowest BCUT2D eigenvalue weighted by atomic mass is 9.82. The zero-order valence-corrected chi connectivity index (χ0v) is 14.5. The molecule has 3 nitrogen and oxygen atoms in total. The largest absolute Gasteiger partial charge is 0.624 e. The molecule has 1 heterocycles. The number of nitrogens with zero attached hydrogens (tertiary/aromatic N) is 1. The molecule has 3 heteroatoms. The van der Waals surface area contributed by atoms with E-state index in [9.17, 15) is 5.21 Å². The average Bonchev–Trinajstić information content (AvgIpc) is 2.82. The Hall–Kier alpha value is -2.29. The first-order valence-electron chi connectivity index (χ1n) is 8.72. The third-order valence-corrected chi connectivity index (χ3v) is 4.93. The summed E-state index contributed by atoms with van der Waals surface area (Å²) in [5.74, 6) is 0. The number of hydroxylamine groups is 1. The van der Waals surface area contributed by atoms with Crippen molar-refractivity contribution in [1.82, 2.24) is 0 Å². The Labute approximate surface area is 144 Å². The molecule has 2 aromatic carbocycles. The summed E-state index contributed by atoms with van der Waals surface area (Å²) in [5, 5.41) is 16.2. The first-order chi connectivity index (χ1) is 11.6. The van der Waals surface area contributed by atoms with Gasteiger partial charge < -0.3 is 10.5 Å². The number of benzene rings is 2. The van der Waals surface area contributed by atoms with E-state index in [1.165, 1.54) is 10.3 Å². The van der Waals surface area contributed by atoms with Crippen molar-refractivity contribution in [2.24, 2.45) is 5.41 Å². The van der Waals surface area contributed by atoms with Gasteiger partial charge in [0.05, 0.1) is 12.0 Å². The van der Waals surface area contributed by atoms with E-state index in [1.807, 2.05) is 36.4 Å². The van der Waals surface area contributed by atoms with Crippen LogP contribution in [0.4, 0.5) is 5.69 Å². The molecule has 0 radical (unpaired) electrons. The number of hydrogen-bond donors (Lipinski definition) is 1. The molecule has 0 spiro atoms. The van der Waals surface area contributed by atoms with Crippen molar-refractivity contribution in [2.75, 3.05) is 11.9 Å². The van der Waals surface area contributed by atoms with Gasteiger partial charge in [0.25, 0.3) is 0 Å². The minimum Gasteiger partial charge on any atom is -0.624 e. The van der Waals surface area contributed by atoms with Crippen molar-refractivity contribution in [3.05, 3.63) is 71.4 Å². The summed E-state index contributed by atoms with van der Waals surface area (Å²) in [6, 6.07) is 20.5. The van der Waals surface area contributed by atoms with Crippen molar-refractivity contribution in [3.8, 4) is 0 Å². The summed E-state index contributed by atoms with van der Waals surface area (Å²) >= 11 is 0. The lowest BCUT2D eigenvalue weighted by Gasteiger charge is -2.16. The summed E-state index contributed by atoms with van der Waals surface area (Å²) in [7, 11) is 0. The Morgan fingerprint density at radius 2 is 1.62 bits per heavy atom. The molecule has 1 unspecified atom stereocenters. The van der Waals surface area contributed by atoms with Crippen molar-refractivity contribution < 1.29 is 4.74 Å². The highest BCUT2D eigenvalue weighted by atomic mass is 16.5. The molecular weight excluding hydrogens is 296 g/mol. The second-order valence-corrected chi connectivity index (χ2v) is 7.25. The highest BCUT2D eigenvalue weighted by Gasteiger charge is 2.43. The van der Waals surface area contributed by atoms with Gasteiger partial charge in [0.2, 0.25) is 0 Å². The van der Waals surface area contributed by atoms with Crippen LogP contribution in [-0.2, 0) is 6.42 Å². The zero-order valence-electron chi connectivity index (χ0n) is 14.5. The smallest absolute Gasteiger partial charge is 0.181 e. The second kappa shape index (κ2) is 7.08. The molecule has 1 atom stereocenters. The van der Waals surface area contributed by atoms with Gasteiger partial charge in [-0.3, -0.25) is 0 Å². The Balaban J connectivity index is 1.66. The Morgan fingerprint density at radius 3 is 2.29 bits per heavy atom. The monoisotopic (exact) mass is 322 g/mol. The summed E-state index contributed by atoms with van der Waals surface area (Å²) < 4.78 is 1.28. The fraction of sp³-hybridized carbons (Fsp3) is 0.381. The zero-order chi connectivity index (χ0) is 17.0. The molecule has 3 rings (SSSR count).